The van der Waals surface area contributed by atoms with Crippen molar-refractivity contribution in [1.82, 2.24) is 5.32 Å². The van der Waals surface area contributed by atoms with Crippen molar-refractivity contribution in [2.45, 2.75) is 58.7 Å². The first kappa shape index (κ1) is 21.1. The molecular formula is C23H39N3O2+2. The zero-order chi connectivity index (χ0) is 20.1. The van der Waals surface area contributed by atoms with Crippen LogP contribution in [-0.2, 0) is 11.3 Å². The quantitative estimate of drug-likeness (QED) is 0.656. The van der Waals surface area contributed by atoms with Gasteiger partial charge in [0.05, 0.1) is 7.11 Å². The summed E-state index contributed by atoms with van der Waals surface area (Å²) in [7, 11) is 1.70. The van der Waals surface area contributed by atoms with Gasteiger partial charge >= 0.3 is 0 Å². The van der Waals surface area contributed by atoms with Crippen molar-refractivity contribution in [3.8, 4) is 5.75 Å². The van der Waals surface area contributed by atoms with E-state index < -0.39 is 0 Å². The van der Waals surface area contributed by atoms with Gasteiger partial charge in [-0.2, -0.15) is 0 Å². The van der Waals surface area contributed by atoms with Crippen molar-refractivity contribution >= 4 is 5.91 Å². The minimum Gasteiger partial charge on any atom is -0.497 e. The third-order valence-corrected chi connectivity index (χ3v) is 7.25. The number of benzene rings is 1. The zero-order valence-electron chi connectivity index (χ0n) is 18.1. The van der Waals surface area contributed by atoms with E-state index >= 15 is 0 Å². The van der Waals surface area contributed by atoms with Crippen molar-refractivity contribution in [3.63, 3.8) is 0 Å². The predicted molar refractivity (Wildman–Crippen MR) is 112 cm³/mol. The van der Waals surface area contributed by atoms with Gasteiger partial charge in [0.15, 0.2) is 6.04 Å². The standard InChI is InChI=1S/C23H37N3O2/c1-17-6-5-7-22(18(17)2)24-23(27)19(3)26-14-12-25(13-15-26)16-20-8-10-21(28-4)11-9-20/h8-11,17-19,22H,5-7,12-16H2,1-4H3,(H,24,27)/p+2/t17-,18+,19+,22-/m0/s1. The molecule has 156 valence electrons. The summed E-state index contributed by atoms with van der Waals surface area (Å²) in [6, 6.07) is 8.80. The van der Waals surface area contributed by atoms with Crippen LogP contribution in [0.2, 0.25) is 0 Å². The molecule has 28 heavy (non-hydrogen) atoms. The van der Waals surface area contributed by atoms with E-state index in [0.29, 0.717) is 17.9 Å². The van der Waals surface area contributed by atoms with E-state index in [0.717, 1.165) is 44.9 Å². The van der Waals surface area contributed by atoms with Crippen LogP contribution in [0.25, 0.3) is 0 Å². The smallest absolute Gasteiger partial charge is 0.278 e. The number of carbonyl (C=O) groups is 1. The molecule has 1 saturated carbocycles. The Morgan fingerprint density at radius 3 is 2.46 bits per heavy atom. The Morgan fingerprint density at radius 2 is 1.82 bits per heavy atom. The third-order valence-electron chi connectivity index (χ3n) is 7.25. The maximum absolute atomic E-state index is 12.8. The van der Waals surface area contributed by atoms with Gasteiger partial charge in [-0.3, -0.25) is 4.79 Å². The van der Waals surface area contributed by atoms with Gasteiger partial charge in [-0.25, -0.2) is 0 Å². The van der Waals surface area contributed by atoms with E-state index in [-0.39, 0.29) is 11.9 Å². The average molecular weight is 390 g/mol. The first-order valence-corrected chi connectivity index (χ1v) is 11.1. The van der Waals surface area contributed by atoms with E-state index in [1.165, 1.54) is 23.3 Å². The summed E-state index contributed by atoms with van der Waals surface area (Å²) in [6.07, 6.45) is 3.68. The Morgan fingerprint density at radius 1 is 1.14 bits per heavy atom. The van der Waals surface area contributed by atoms with Crippen molar-refractivity contribution in [3.05, 3.63) is 29.8 Å². The Kier molecular flexibility index (Phi) is 7.36. The number of nitrogens with one attached hydrogen (secondary N) is 3. The molecule has 1 saturated heterocycles. The topological polar surface area (TPSA) is 47.2 Å². The average Bonchev–Trinajstić information content (AvgIpc) is 2.72. The van der Waals surface area contributed by atoms with Gasteiger partial charge in [-0.1, -0.05) is 26.7 Å². The zero-order valence-corrected chi connectivity index (χ0v) is 18.1. The fraction of sp³-hybridized carbons (Fsp3) is 0.696. The first-order valence-electron chi connectivity index (χ1n) is 11.1. The number of hydrogen-bond donors (Lipinski definition) is 3. The summed E-state index contributed by atoms with van der Waals surface area (Å²) >= 11 is 0. The fourth-order valence-corrected chi connectivity index (χ4v) is 4.85. The monoisotopic (exact) mass is 389 g/mol. The number of rotatable bonds is 6. The second-order valence-corrected chi connectivity index (χ2v) is 9.04. The van der Waals surface area contributed by atoms with Crippen LogP contribution >= 0.6 is 0 Å². The summed E-state index contributed by atoms with van der Waals surface area (Å²) in [5, 5.41) is 3.38. The lowest BCUT2D eigenvalue weighted by Crippen LogP contribution is -3.29. The maximum atomic E-state index is 12.8. The van der Waals surface area contributed by atoms with Gasteiger partial charge in [-0.05, 0) is 49.4 Å². The molecule has 0 spiro atoms. The molecule has 0 bridgehead atoms. The summed E-state index contributed by atoms with van der Waals surface area (Å²) in [5.74, 6) is 2.46. The molecule has 1 aliphatic heterocycles. The highest BCUT2D eigenvalue weighted by atomic mass is 16.5. The molecular weight excluding hydrogens is 350 g/mol. The predicted octanol–water partition coefficient (Wildman–Crippen LogP) is 0.308. The minimum absolute atomic E-state index is 0.0481. The highest BCUT2D eigenvalue weighted by Crippen LogP contribution is 2.29. The van der Waals surface area contributed by atoms with Crippen LogP contribution in [-0.4, -0.2) is 51.3 Å². The molecule has 1 aromatic rings. The van der Waals surface area contributed by atoms with Gasteiger partial charge < -0.3 is 19.9 Å². The Hall–Kier alpha value is -1.59. The Labute approximate surface area is 170 Å². The molecule has 1 aliphatic carbocycles. The Bertz CT molecular complexity index is 625. The molecule has 1 amide bonds. The third kappa shape index (κ3) is 5.26. The summed E-state index contributed by atoms with van der Waals surface area (Å²) in [6.45, 7) is 12.2. The van der Waals surface area contributed by atoms with Crippen molar-refractivity contribution in [2.75, 3.05) is 33.3 Å². The van der Waals surface area contributed by atoms with Gasteiger partial charge in [0.2, 0.25) is 0 Å². The normalized spacial score (nSPS) is 31.8. The fourth-order valence-electron chi connectivity index (χ4n) is 4.85. The highest BCUT2D eigenvalue weighted by Gasteiger charge is 2.34. The minimum atomic E-state index is 0.0481. The molecule has 0 radical (unpaired) electrons. The van der Waals surface area contributed by atoms with Crippen LogP contribution in [0.5, 0.6) is 5.75 Å². The van der Waals surface area contributed by atoms with Crippen LogP contribution in [0.15, 0.2) is 24.3 Å². The number of quaternary nitrogens is 2. The SMILES string of the molecule is COc1ccc(C[NH+]2CC[NH+]([C@H](C)C(=O)N[C@H]3CCC[C@H](C)[C@H]3C)CC2)cc1. The number of carbonyl (C=O) groups excluding carboxylic acids is 1. The highest BCUT2D eigenvalue weighted by molar-refractivity contribution is 5.80. The van der Waals surface area contributed by atoms with Crippen LogP contribution in [0.1, 0.15) is 45.6 Å². The second-order valence-electron chi connectivity index (χ2n) is 9.04. The number of methoxy groups -OCH3 is 1. The van der Waals surface area contributed by atoms with Crippen LogP contribution in [0, 0.1) is 11.8 Å². The van der Waals surface area contributed by atoms with E-state index in [2.05, 4.69) is 38.2 Å². The summed E-state index contributed by atoms with van der Waals surface area (Å²) in [4.78, 5) is 15.9. The number of piperazine rings is 1. The molecule has 5 heteroatoms. The lowest BCUT2D eigenvalue weighted by molar-refractivity contribution is -1.02. The van der Waals surface area contributed by atoms with Gasteiger partial charge in [0.25, 0.3) is 5.91 Å². The van der Waals surface area contributed by atoms with Crippen molar-refractivity contribution in [1.29, 1.82) is 0 Å². The van der Waals surface area contributed by atoms with Crippen molar-refractivity contribution in [2.24, 2.45) is 11.8 Å². The molecule has 0 unspecified atom stereocenters. The van der Waals surface area contributed by atoms with Crippen LogP contribution < -0.4 is 19.9 Å². The molecule has 5 nitrogen and oxygen atoms in total. The molecule has 1 heterocycles. The van der Waals surface area contributed by atoms with E-state index in [4.69, 9.17) is 4.74 Å². The van der Waals surface area contributed by atoms with Crippen LogP contribution in [0.4, 0.5) is 0 Å². The molecule has 2 fully saturated rings. The van der Waals surface area contributed by atoms with Gasteiger partial charge in [-0.15, -0.1) is 0 Å². The molecule has 0 aromatic heterocycles. The summed E-state index contributed by atoms with van der Waals surface area (Å²) in [5.41, 5.74) is 1.35. The molecule has 3 N–H and O–H groups in total. The molecule has 3 rings (SSSR count). The number of ether oxygens (including phenoxy) is 1. The maximum Gasteiger partial charge on any atom is 0.278 e. The van der Waals surface area contributed by atoms with E-state index in [1.807, 2.05) is 12.1 Å². The van der Waals surface area contributed by atoms with E-state index in [1.54, 1.807) is 12.0 Å². The first-order chi connectivity index (χ1) is 13.5. The number of amides is 1. The van der Waals surface area contributed by atoms with Crippen LogP contribution in [0.3, 0.4) is 0 Å². The molecule has 4 atom stereocenters. The molecule has 1 aromatic carbocycles. The van der Waals surface area contributed by atoms with Crippen molar-refractivity contribution < 1.29 is 19.3 Å². The number of hydrogen-bond acceptors (Lipinski definition) is 2. The Balaban J connectivity index is 1.45. The lowest BCUT2D eigenvalue weighted by Gasteiger charge is -2.37. The van der Waals surface area contributed by atoms with Gasteiger partial charge in [0.1, 0.15) is 38.5 Å². The van der Waals surface area contributed by atoms with E-state index in [9.17, 15) is 4.79 Å². The summed E-state index contributed by atoms with van der Waals surface area (Å²) < 4.78 is 5.24. The molecule has 2 aliphatic rings. The second kappa shape index (κ2) is 9.75. The van der Waals surface area contributed by atoms with Gasteiger partial charge in [0, 0.05) is 11.6 Å². The largest absolute Gasteiger partial charge is 0.497 e. The lowest BCUT2D eigenvalue weighted by atomic mass is 9.78.